The van der Waals surface area contributed by atoms with Gasteiger partial charge in [-0.3, -0.25) is 9.89 Å². The molecule has 5 nitrogen and oxygen atoms in total. The van der Waals surface area contributed by atoms with E-state index in [0.717, 1.165) is 17.5 Å². The van der Waals surface area contributed by atoms with Crippen LogP contribution in [0.3, 0.4) is 0 Å². The number of amides is 1. The number of rotatable bonds is 5. The molecule has 25 heavy (non-hydrogen) atoms. The Labute approximate surface area is 144 Å². The van der Waals surface area contributed by atoms with Crippen molar-refractivity contribution in [2.45, 2.75) is 13.3 Å². The summed E-state index contributed by atoms with van der Waals surface area (Å²) in [6.07, 6.45) is 2.55. The predicted molar refractivity (Wildman–Crippen MR) is 94.9 cm³/mol. The molecule has 0 spiro atoms. The van der Waals surface area contributed by atoms with E-state index >= 15 is 0 Å². The fraction of sp³-hybridized carbons (Fsp3) is 0.105. The second-order valence-corrected chi connectivity index (χ2v) is 5.47. The van der Waals surface area contributed by atoms with Crippen molar-refractivity contribution < 1.29 is 9.18 Å². The zero-order valence-electron chi connectivity index (χ0n) is 13.7. The monoisotopic (exact) mass is 336 g/mol. The van der Waals surface area contributed by atoms with Gasteiger partial charge < -0.3 is 0 Å². The van der Waals surface area contributed by atoms with E-state index in [1.165, 1.54) is 17.7 Å². The van der Waals surface area contributed by atoms with Gasteiger partial charge in [-0.05, 0) is 47.9 Å². The molecule has 1 aromatic heterocycles. The number of hydrogen-bond acceptors (Lipinski definition) is 3. The average Bonchev–Trinajstić information content (AvgIpc) is 3.13. The number of hydrogen-bond donors (Lipinski definition) is 2. The molecule has 0 aliphatic heterocycles. The number of halogens is 1. The molecular weight excluding hydrogens is 319 g/mol. The maximum Gasteiger partial charge on any atom is 0.289 e. The Hall–Kier alpha value is -3.28. The topological polar surface area (TPSA) is 70.1 Å². The summed E-state index contributed by atoms with van der Waals surface area (Å²) in [7, 11) is 0. The van der Waals surface area contributed by atoms with Gasteiger partial charge in [0.05, 0.1) is 11.9 Å². The lowest BCUT2D eigenvalue weighted by Crippen LogP contribution is -2.17. The highest BCUT2D eigenvalue weighted by Crippen LogP contribution is 2.17. The maximum atomic E-state index is 12.9. The highest BCUT2D eigenvalue weighted by Gasteiger charge is 2.10. The van der Waals surface area contributed by atoms with E-state index in [9.17, 15) is 9.18 Å². The van der Waals surface area contributed by atoms with Crippen molar-refractivity contribution in [3.63, 3.8) is 0 Å². The van der Waals surface area contributed by atoms with E-state index in [1.54, 1.807) is 24.4 Å². The fourth-order valence-electron chi connectivity index (χ4n) is 2.27. The van der Waals surface area contributed by atoms with Crippen LogP contribution in [-0.4, -0.2) is 22.3 Å². The first-order valence-corrected chi connectivity index (χ1v) is 7.89. The quantitative estimate of drug-likeness (QED) is 0.553. The minimum Gasteiger partial charge on any atom is -0.272 e. The normalized spacial score (nSPS) is 11.0. The Balaban J connectivity index is 1.63. The molecule has 1 amide bonds. The van der Waals surface area contributed by atoms with Crippen LogP contribution in [-0.2, 0) is 6.42 Å². The van der Waals surface area contributed by atoms with Gasteiger partial charge in [0.1, 0.15) is 11.5 Å². The Kier molecular flexibility index (Phi) is 4.99. The molecule has 0 unspecified atom stereocenters. The van der Waals surface area contributed by atoms with Gasteiger partial charge in [-0.15, -0.1) is 0 Å². The summed E-state index contributed by atoms with van der Waals surface area (Å²) in [6, 6.07) is 15.4. The summed E-state index contributed by atoms with van der Waals surface area (Å²) < 4.78 is 12.9. The first-order chi connectivity index (χ1) is 12.2. The van der Waals surface area contributed by atoms with Crippen LogP contribution in [0.5, 0.6) is 0 Å². The SMILES string of the molecule is CCc1ccc(/C=N\NC(=O)c2cc(-c3ccc(F)cc3)n[nH]2)cc1. The fourth-order valence-corrected chi connectivity index (χ4v) is 2.27. The van der Waals surface area contributed by atoms with E-state index in [2.05, 4.69) is 27.6 Å². The van der Waals surface area contributed by atoms with E-state index in [1.807, 2.05) is 24.3 Å². The molecule has 126 valence electrons. The third-order valence-corrected chi connectivity index (χ3v) is 3.73. The number of H-pyrrole nitrogens is 1. The number of carbonyl (C=O) groups is 1. The second kappa shape index (κ2) is 7.53. The molecule has 0 aliphatic carbocycles. The summed E-state index contributed by atoms with van der Waals surface area (Å²) in [6.45, 7) is 2.09. The summed E-state index contributed by atoms with van der Waals surface area (Å²) in [5.41, 5.74) is 6.14. The summed E-state index contributed by atoms with van der Waals surface area (Å²) in [5.74, 6) is -0.721. The standard InChI is InChI=1S/C19H17FN4O/c1-2-13-3-5-14(6-4-13)12-21-24-19(25)18-11-17(22-23-18)15-7-9-16(20)10-8-15/h3-12H,2H2,1H3,(H,22,23)(H,24,25)/b21-12-. The van der Waals surface area contributed by atoms with Crippen LogP contribution in [0.2, 0.25) is 0 Å². The van der Waals surface area contributed by atoms with E-state index < -0.39 is 5.91 Å². The van der Waals surface area contributed by atoms with Gasteiger partial charge in [0.25, 0.3) is 5.91 Å². The zero-order chi connectivity index (χ0) is 17.6. The third kappa shape index (κ3) is 4.17. The van der Waals surface area contributed by atoms with Gasteiger partial charge in [0.15, 0.2) is 0 Å². The van der Waals surface area contributed by atoms with Crippen molar-refractivity contribution in [1.29, 1.82) is 0 Å². The van der Waals surface area contributed by atoms with Crippen LogP contribution in [0.1, 0.15) is 28.5 Å². The maximum absolute atomic E-state index is 12.9. The molecule has 6 heteroatoms. The zero-order valence-corrected chi connectivity index (χ0v) is 13.7. The van der Waals surface area contributed by atoms with Crippen molar-refractivity contribution >= 4 is 12.1 Å². The molecular formula is C19H17FN4O. The van der Waals surface area contributed by atoms with Gasteiger partial charge in [0.2, 0.25) is 0 Å². The number of aromatic nitrogens is 2. The lowest BCUT2D eigenvalue weighted by Gasteiger charge is -1.98. The van der Waals surface area contributed by atoms with Crippen LogP contribution >= 0.6 is 0 Å². The third-order valence-electron chi connectivity index (χ3n) is 3.73. The van der Waals surface area contributed by atoms with Crippen molar-refractivity contribution in [2.75, 3.05) is 0 Å². The van der Waals surface area contributed by atoms with Crippen molar-refractivity contribution in [3.05, 3.63) is 77.2 Å². The number of nitrogens with one attached hydrogen (secondary N) is 2. The molecule has 2 aromatic carbocycles. The van der Waals surface area contributed by atoms with Gasteiger partial charge in [-0.25, -0.2) is 9.82 Å². The van der Waals surface area contributed by atoms with Crippen molar-refractivity contribution in [3.8, 4) is 11.3 Å². The molecule has 0 fully saturated rings. The lowest BCUT2D eigenvalue weighted by molar-refractivity contribution is 0.0950. The molecule has 0 bridgehead atoms. The number of carbonyl (C=O) groups excluding carboxylic acids is 1. The van der Waals surface area contributed by atoms with Crippen LogP contribution in [0.4, 0.5) is 4.39 Å². The smallest absolute Gasteiger partial charge is 0.272 e. The Bertz CT molecular complexity index is 883. The van der Waals surface area contributed by atoms with Gasteiger partial charge in [0, 0.05) is 5.56 Å². The predicted octanol–water partition coefficient (Wildman–Crippen LogP) is 3.54. The first kappa shape index (κ1) is 16.6. The molecule has 1 heterocycles. The first-order valence-electron chi connectivity index (χ1n) is 7.89. The largest absolute Gasteiger partial charge is 0.289 e. The van der Waals surface area contributed by atoms with Crippen molar-refractivity contribution in [2.24, 2.45) is 5.10 Å². The van der Waals surface area contributed by atoms with Crippen LogP contribution < -0.4 is 5.43 Å². The van der Waals surface area contributed by atoms with Gasteiger partial charge in [-0.2, -0.15) is 10.2 Å². The average molecular weight is 336 g/mol. The van der Waals surface area contributed by atoms with E-state index in [-0.39, 0.29) is 11.5 Å². The lowest BCUT2D eigenvalue weighted by atomic mass is 10.1. The van der Waals surface area contributed by atoms with Gasteiger partial charge in [-0.1, -0.05) is 31.2 Å². The molecule has 0 saturated carbocycles. The molecule has 0 radical (unpaired) electrons. The molecule has 0 saturated heterocycles. The second-order valence-electron chi connectivity index (χ2n) is 5.47. The molecule has 3 rings (SSSR count). The number of aromatic amines is 1. The Morgan fingerprint density at radius 3 is 2.60 bits per heavy atom. The minimum atomic E-state index is -0.401. The van der Waals surface area contributed by atoms with Crippen LogP contribution in [0.25, 0.3) is 11.3 Å². The number of hydrazone groups is 1. The van der Waals surface area contributed by atoms with Crippen LogP contribution in [0, 0.1) is 5.82 Å². The van der Waals surface area contributed by atoms with E-state index in [0.29, 0.717) is 5.69 Å². The summed E-state index contributed by atoms with van der Waals surface area (Å²) in [5, 5.41) is 10.7. The van der Waals surface area contributed by atoms with Crippen molar-refractivity contribution in [1.82, 2.24) is 15.6 Å². The molecule has 0 atom stereocenters. The highest BCUT2D eigenvalue weighted by molar-refractivity contribution is 5.94. The van der Waals surface area contributed by atoms with Crippen LogP contribution in [0.15, 0.2) is 59.7 Å². The Morgan fingerprint density at radius 2 is 1.92 bits per heavy atom. The number of benzene rings is 2. The summed E-state index contributed by atoms with van der Waals surface area (Å²) in [4.78, 5) is 12.1. The van der Waals surface area contributed by atoms with Gasteiger partial charge >= 0.3 is 0 Å². The Morgan fingerprint density at radius 1 is 1.20 bits per heavy atom. The van der Waals surface area contributed by atoms with E-state index in [4.69, 9.17) is 0 Å². The molecule has 0 aliphatic rings. The number of nitrogens with zero attached hydrogens (tertiary/aromatic N) is 2. The summed E-state index contributed by atoms with van der Waals surface area (Å²) >= 11 is 0. The number of aryl methyl sites for hydroxylation is 1. The molecule has 3 aromatic rings. The highest BCUT2D eigenvalue weighted by atomic mass is 19.1. The minimum absolute atomic E-state index is 0.276. The molecule has 2 N–H and O–H groups in total.